The second-order valence-corrected chi connectivity index (χ2v) is 6.77. The summed E-state index contributed by atoms with van der Waals surface area (Å²) >= 11 is 0. The van der Waals surface area contributed by atoms with Crippen LogP contribution in [0.4, 0.5) is 0 Å². The van der Waals surface area contributed by atoms with E-state index in [0.717, 1.165) is 31.6 Å². The van der Waals surface area contributed by atoms with Crippen molar-refractivity contribution < 1.29 is 9.53 Å². The first-order valence-electron chi connectivity index (χ1n) is 8.77. The van der Waals surface area contributed by atoms with Gasteiger partial charge in [-0.05, 0) is 42.0 Å². The number of hydrogen-bond acceptors (Lipinski definition) is 2. The summed E-state index contributed by atoms with van der Waals surface area (Å²) in [5, 5.41) is 0. The molecule has 2 aliphatic rings. The maximum atomic E-state index is 12.6. The van der Waals surface area contributed by atoms with Gasteiger partial charge >= 0.3 is 0 Å². The predicted molar refractivity (Wildman–Crippen MR) is 94.3 cm³/mol. The molecule has 1 saturated heterocycles. The highest BCUT2D eigenvalue weighted by Gasteiger charge is 2.43. The number of methoxy groups -OCH3 is 1. The average Bonchev–Trinajstić information content (AvgIpc) is 2.96. The summed E-state index contributed by atoms with van der Waals surface area (Å²) in [6.07, 6.45) is 3.61. The Morgan fingerprint density at radius 2 is 1.96 bits per heavy atom. The summed E-state index contributed by atoms with van der Waals surface area (Å²) in [5.74, 6) is 1.60. The van der Waals surface area contributed by atoms with Crippen molar-refractivity contribution in [2.24, 2.45) is 0 Å². The van der Waals surface area contributed by atoms with Crippen LogP contribution in [0.3, 0.4) is 0 Å². The van der Waals surface area contributed by atoms with Gasteiger partial charge < -0.3 is 9.64 Å². The third-order valence-corrected chi connectivity index (χ3v) is 5.54. The third kappa shape index (κ3) is 2.58. The monoisotopic (exact) mass is 321 g/mol. The van der Waals surface area contributed by atoms with Crippen molar-refractivity contribution in [3.8, 4) is 5.75 Å². The lowest BCUT2D eigenvalue weighted by atomic mass is 9.79. The maximum absolute atomic E-state index is 12.6. The van der Waals surface area contributed by atoms with Crippen LogP contribution in [0.2, 0.25) is 0 Å². The van der Waals surface area contributed by atoms with Gasteiger partial charge in [0.25, 0.3) is 0 Å². The molecule has 2 aromatic carbocycles. The zero-order chi connectivity index (χ0) is 16.5. The molecule has 1 fully saturated rings. The molecule has 1 heterocycles. The maximum Gasteiger partial charge on any atom is 0.223 e. The molecule has 0 aromatic heterocycles. The number of fused-ring (bicyclic) bond motifs is 3. The Morgan fingerprint density at radius 3 is 2.75 bits per heavy atom. The molecule has 1 amide bonds. The SMILES string of the molecule is COc1cccc2c1CCC1C2CC(=O)N1CCc1ccccc1. The summed E-state index contributed by atoms with van der Waals surface area (Å²) < 4.78 is 5.52. The standard InChI is InChI=1S/C21H23NO2/c1-24-20-9-5-8-16-17(20)10-11-19-18(16)14-21(23)22(19)13-12-15-6-3-2-4-7-15/h2-9,18-19H,10-14H2,1H3. The van der Waals surface area contributed by atoms with E-state index in [-0.39, 0.29) is 0 Å². The number of amides is 1. The Morgan fingerprint density at radius 1 is 1.12 bits per heavy atom. The molecule has 2 atom stereocenters. The molecule has 3 heteroatoms. The van der Waals surface area contributed by atoms with Gasteiger partial charge in [0.1, 0.15) is 5.75 Å². The lowest BCUT2D eigenvalue weighted by molar-refractivity contribution is -0.129. The molecule has 0 radical (unpaired) electrons. The highest BCUT2D eigenvalue weighted by atomic mass is 16.5. The molecular formula is C21H23NO2. The number of hydrogen-bond donors (Lipinski definition) is 0. The summed E-state index contributed by atoms with van der Waals surface area (Å²) in [6, 6.07) is 17.0. The van der Waals surface area contributed by atoms with E-state index in [2.05, 4.69) is 41.3 Å². The largest absolute Gasteiger partial charge is 0.496 e. The molecule has 0 bridgehead atoms. The Hall–Kier alpha value is -2.29. The minimum Gasteiger partial charge on any atom is -0.496 e. The van der Waals surface area contributed by atoms with Crippen LogP contribution < -0.4 is 4.74 Å². The van der Waals surface area contributed by atoms with Crippen molar-refractivity contribution >= 4 is 5.91 Å². The molecule has 2 aromatic rings. The first-order chi connectivity index (χ1) is 11.8. The fourth-order valence-corrected chi connectivity index (χ4v) is 4.38. The summed E-state index contributed by atoms with van der Waals surface area (Å²) in [7, 11) is 1.73. The van der Waals surface area contributed by atoms with Crippen molar-refractivity contribution in [1.29, 1.82) is 0 Å². The molecular weight excluding hydrogens is 298 g/mol. The Labute approximate surface area is 143 Å². The molecule has 124 valence electrons. The topological polar surface area (TPSA) is 29.5 Å². The zero-order valence-electron chi connectivity index (χ0n) is 14.1. The number of rotatable bonds is 4. The summed E-state index contributed by atoms with van der Waals surface area (Å²) in [4.78, 5) is 14.7. The quantitative estimate of drug-likeness (QED) is 0.861. The fourth-order valence-electron chi connectivity index (χ4n) is 4.38. The molecule has 4 rings (SSSR count). The average molecular weight is 321 g/mol. The minimum atomic E-state index is 0.302. The number of likely N-dealkylation sites (tertiary alicyclic amines) is 1. The molecule has 24 heavy (non-hydrogen) atoms. The smallest absolute Gasteiger partial charge is 0.223 e. The van der Waals surface area contributed by atoms with Gasteiger partial charge in [-0.3, -0.25) is 4.79 Å². The van der Waals surface area contributed by atoms with Crippen LogP contribution in [-0.4, -0.2) is 30.5 Å². The molecule has 1 aliphatic carbocycles. The van der Waals surface area contributed by atoms with Gasteiger partial charge in [-0.2, -0.15) is 0 Å². The third-order valence-electron chi connectivity index (χ3n) is 5.54. The molecule has 1 aliphatic heterocycles. The predicted octanol–water partition coefficient (Wildman–Crippen LogP) is 3.57. The highest BCUT2D eigenvalue weighted by molar-refractivity contribution is 5.81. The Bertz CT molecular complexity index is 741. The first-order valence-corrected chi connectivity index (χ1v) is 8.77. The van der Waals surface area contributed by atoms with Crippen LogP contribution in [-0.2, 0) is 17.6 Å². The molecule has 0 N–H and O–H groups in total. The van der Waals surface area contributed by atoms with Crippen molar-refractivity contribution in [1.82, 2.24) is 4.90 Å². The number of benzene rings is 2. The Balaban J connectivity index is 1.55. The van der Waals surface area contributed by atoms with Gasteiger partial charge in [0.05, 0.1) is 7.11 Å². The van der Waals surface area contributed by atoms with Gasteiger partial charge in [0.15, 0.2) is 0 Å². The van der Waals surface area contributed by atoms with Crippen molar-refractivity contribution in [2.75, 3.05) is 13.7 Å². The van der Waals surface area contributed by atoms with Gasteiger partial charge in [-0.15, -0.1) is 0 Å². The number of carbonyl (C=O) groups is 1. The van der Waals surface area contributed by atoms with E-state index in [0.29, 0.717) is 24.3 Å². The summed E-state index contributed by atoms with van der Waals surface area (Å²) in [6.45, 7) is 0.823. The molecule has 0 spiro atoms. The lowest BCUT2D eigenvalue weighted by Gasteiger charge is -2.33. The van der Waals surface area contributed by atoms with E-state index < -0.39 is 0 Å². The highest BCUT2D eigenvalue weighted by Crippen LogP contribution is 2.44. The Kier molecular flexibility index (Phi) is 4.01. The van der Waals surface area contributed by atoms with Crippen LogP contribution in [0.1, 0.15) is 35.4 Å². The molecule has 2 unspecified atom stereocenters. The van der Waals surface area contributed by atoms with E-state index in [1.165, 1.54) is 16.7 Å². The second-order valence-electron chi connectivity index (χ2n) is 6.77. The lowest BCUT2D eigenvalue weighted by Crippen LogP contribution is -2.38. The number of carbonyl (C=O) groups excluding carboxylic acids is 1. The van der Waals surface area contributed by atoms with Crippen LogP contribution in [0.15, 0.2) is 48.5 Å². The van der Waals surface area contributed by atoms with Gasteiger partial charge in [0, 0.05) is 24.9 Å². The van der Waals surface area contributed by atoms with E-state index in [4.69, 9.17) is 4.74 Å². The fraction of sp³-hybridized carbons (Fsp3) is 0.381. The molecule has 3 nitrogen and oxygen atoms in total. The van der Waals surface area contributed by atoms with E-state index in [1.807, 2.05) is 12.1 Å². The van der Waals surface area contributed by atoms with E-state index in [1.54, 1.807) is 7.11 Å². The van der Waals surface area contributed by atoms with Crippen molar-refractivity contribution in [2.45, 2.75) is 37.6 Å². The van der Waals surface area contributed by atoms with Crippen molar-refractivity contribution in [3.63, 3.8) is 0 Å². The van der Waals surface area contributed by atoms with Gasteiger partial charge in [-0.1, -0.05) is 42.5 Å². The van der Waals surface area contributed by atoms with Crippen LogP contribution in [0.5, 0.6) is 5.75 Å². The van der Waals surface area contributed by atoms with Crippen LogP contribution >= 0.6 is 0 Å². The van der Waals surface area contributed by atoms with Gasteiger partial charge in [0.2, 0.25) is 5.91 Å². The van der Waals surface area contributed by atoms with E-state index in [9.17, 15) is 4.79 Å². The van der Waals surface area contributed by atoms with Crippen LogP contribution in [0.25, 0.3) is 0 Å². The first kappa shape index (κ1) is 15.3. The molecule has 0 saturated carbocycles. The van der Waals surface area contributed by atoms with E-state index >= 15 is 0 Å². The van der Waals surface area contributed by atoms with Crippen molar-refractivity contribution in [3.05, 3.63) is 65.2 Å². The zero-order valence-corrected chi connectivity index (χ0v) is 14.1. The second kappa shape index (κ2) is 6.31. The summed E-state index contributed by atoms with van der Waals surface area (Å²) in [5.41, 5.74) is 3.92. The van der Waals surface area contributed by atoms with Gasteiger partial charge in [-0.25, -0.2) is 0 Å². The minimum absolute atomic E-state index is 0.302. The normalized spacial score (nSPS) is 22.2. The number of ether oxygens (including phenoxy) is 1. The number of nitrogens with zero attached hydrogens (tertiary/aromatic N) is 1. The van der Waals surface area contributed by atoms with Crippen LogP contribution in [0, 0.1) is 0 Å².